The van der Waals surface area contributed by atoms with Crippen molar-refractivity contribution in [2.75, 3.05) is 6.61 Å². The van der Waals surface area contributed by atoms with E-state index in [0.717, 1.165) is 23.6 Å². The summed E-state index contributed by atoms with van der Waals surface area (Å²) in [5.41, 5.74) is 0.113. The smallest absolute Gasteiger partial charge is 0.195 e. The maximum atomic E-state index is 5.78. The maximum absolute atomic E-state index is 5.78. The van der Waals surface area contributed by atoms with Gasteiger partial charge in [0.25, 0.3) is 0 Å². The van der Waals surface area contributed by atoms with E-state index in [-0.39, 0.29) is 5.41 Å². The number of hydrogen-bond acceptors (Lipinski definition) is 3. The van der Waals surface area contributed by atoms with E-state index in [9.17, 15) is 0 Å². The second-order valence-corrected chi connectivity index (χ2v) is 6.32. The molecule has 102 valence electrons. The molecule has 0 radical (unpaired) electrons. The molecule has 1 aromatic heterocycles. The highest BCUT2D eigenvalue weighted by molar-refractivity contribution is 7.71. The molecule has 1 heterocycles. The summed E-state index contributed by atoms with van der Waals surface area (Å²) in [5.74, 6) is 1.42. The molecule has 1 saturated carbocycles. The molecule has 5 heteroatoms. The lowest BCUT2D eigenvalue weighted by molar-refractivity contribution is -0.129. The predicted molar refractivity (Wildman–Crippen MR) is 74.3 cm³/mol. The summed E-state index contributed by atoms with van der Waals surface area (Å²) < 4.78 is 8.70. The van der Waals surface area contributed by atoms with Crippen LogP contribution < -0.4 is 0 Å². The Morgan fingerprint density at radius 3 is 2.72 bits per heavy atom. The van der Waals surface area contributed by atoms with Crippen molar-refractivity contribution in [1.82, 2.24) is 14.8 Å². The summed E-state index contributed by atoms with van der Waals surface area (Å²) in [7, 11) is 0. The molecule has 1 fully saturated rings. The van der Waals surface area contributed by atoms with E-state index in [4.69, 9.17) is 17.0 Å². The lowest BCUT2D eigenvalue weighted by Crippen LogP contribution is -2.51. The van der Waals surface area contributed by atoms with Gasteiger partial charge in [-0.1, -0.05) is 27.7 Å². The van der Waals surface area contributed by atoms with Gasteiger partial charge >= 0.3 is 0 Å². The van der Waals surface area contributed by atoms with Gasteiger partial charge in [-0.2, -0.15) is 5.10 Å². The van der Waals surface area contributed by atoms with Crippen molar-refractivity contribution in [3.8, 4) is 0 Å². The highest BCUT2D eigenvalue weighted by atomic mass is 32.1. The number of H-pyrrole nitrogens is 1. The van der Waals surface area contributed by atoms with Crippen molar-refractivity contribution in [3.63, 3.8) is 0 Å². The average molecular weight is 269 g/mol. The van der Waals surface area contributed by atoms with Crippen LogP contribution in [0, 0.1) is 10.2 Å². The molecule has 0 aromatic carbocycles. The Bertz CT molecular complexity index is 475. The SMILES string of the molecule is CCOC1CC(n2c(C(C)C)n[nH]c2=S)C1(C)C. The van der Waals surface area contributed by atoms with E-state index < -0.39 is 0 Å². The first kappa shape index (κ1) is 13.7. The molecule has 2 rings (SSSR count). The van der Waals surface area contributed by atoms with Crippen molar-refractivity contribution in [2.45, 2.75) is 59.1 Å². The largest absolute Gasteiger partial charge is 0.378 e. The van der Waals surface area contributed by atoms with Crippen LogP contribution >= 0.6 is 12.2 Å². The third kappa shape index (κ3) is 2.03. The normalized spacial score (nSPS) is 26.3. The van der Waals surface area contributed by atoms with Crippen LogP contribution in [0.2, 0.25) is 0 Å². The summed E-state index contributed by atoms with van der Waals surface area (Å²) in [6, 6.07) is 0.387. The summed E-state index contributed by atoms with van der Waals surface area (Å²) >= 11 is 5.38. The Hall–Kier alpha value is -0.680. The minimum absolute atomic E-state index is 0.113. The molecule has 0 amide bonds. The van der Waals surface area contributed by atoms with Crippen molar-refractivity contribution < 1.29 is 4.74 Å². The van der Waals surface area contributed by atoms with Gasteiger partial charge in [0.2, 0.25) is 0 Å². The van der Waals surface area contributed by atoms with E-state index in [2.05, 4.69) is 42.5 Å². The molecule has 0 spiro atoms. The van der Waals surface area contributed by atoms with E-state index >= 15 is 0 Å². The zero-order valence-electron chi connectivity index (χ0n) is 11.9. The highest BCUT2D eigenvalue weighted by Crippen LogP contribution is 2.51. The van der Waals surface area contributed by atoms with Crippen LogP contribution in [0.15, 0.2) is 0 Å². The summed E-state index contributed by atoms with van der Waals surface area (Å²) in [6.07, 6.45) is 1.35. The van der Waals surface area contributed by atoms with E-state index in [1.54, 1.807) is 0 Å². The Morgan fingerprint density at radius 2 is 2.22 bits per heavy atom. The van der Waals surface area contributed by atoms with Crippen LogP contribution in [0.5, 0.6) is 0 Å². The first-order valence-corrected chi connectivity index (χ1v) is 7.08. The number of rotatable bonds is 4. The van der Waals surface area contributed by atoms with Crippen LogP contribution in [-0.2, 0) is 4.74 Å². The first-order valence-electron chi connectivity index (χ1n) is 6.68. The van der Waals surface area contributed by atoms with Gasteiger partial charge in [-0.25, -0.2) is 0 Å². The fourth-order valence-electron chi connectivity index (χ4n) is 2.81. The van der Waals surface area contributed by atoms with Gasteiger partial charge in [0, 0.05) is 24.0 Å². The molecule has 0 aliphatic heterocycles. The molecule has 1 aliphatic rings. The predicted octanol–water partition coefficient (Wildman–Crippen LogP) is 3.44. The van der Waals surface area contributed by atoms with Crippen LogP contribution in [-0.4, -0.2) is 27.5 Å². The number of ether oxygens (including phenoxy) is 1. The van der Waals surface area contributed by atoms with Gasteiger partial charge in [0.05, 0.1) is 6.10 Å². The monoisotopic (exact) mass is 269 g/mol. The zero-order valence-corrected chi connectivity index (χ0v) is 12.7. The van der Waals surface area contributed by atoms with Gasteiger partial charge in [0.1, 0.15) is 5.82 Å². The number of hydrogen-bond donors (Lipinski definition) is 1. The van der Waals surface area contributed by atoms with Crippen LogP contribution in [0.25, 0.3) is 0 Å². The Morgan fingerprint density at radius 1 is 1.56 bits per heavy atom. The third-order valence-electron chi connectivity index (χ3n) is 4.05. The molecular formula is C13H23N3OS. The average Bonchev–Trinajstić information content (AvgIpc) is 2.66. The van der Waals surface area contributed by atoms with Crippen LogP contribution in [0.3, 0.4) is 0 Å². The Labute approximate surface area is 114 Å². The second-order valence-electron chi connectivity index (χ2n) is 5.93. The zero-order chi connectivity index (χ0) is 13.5. The molecular weight excluding hydrogens is 246 g/mol. The van der Waals surface area contributed by atoms with Crippen LogP contribution in [0.1, 0.15) is 58.8 Å². The number of aromatic nitrogens is 3. The first-order chi connectivity index (χ1) is 8.39. The minimum atomic E-state index is 0.113. The molecule has 0 saturated heterocycles. The standard InChI is InChI=1S/C13H23N3OS/c1-6-17-10-7-9(13(10,4)5)16-11(8(2)3)14-15-12(16)18/h8-10H,6-7H2,1-5H3,(H,15,18). The Balaban J connectivity index is 2.30. The molecule has 1 N–H and O–H groups in total. The number of nitrogens with zero attached hydrogens (tertiary/aromatic N) is 2. The molecule has 18 heavy (non-hydrogen) atoms. The Kier molecular flexibility index (Phi) is 3.65. The highest BCUT2D eigenvalue weighted by Gasteiger charge is 2.50. The minimum Gasteiger partial charge on any atom is -0.378 e. The lowest BCUT2D eigenvalue weighted by Gasteiger charge is -2.52. The van der Waals surface area contributed by atoms with Gasteiger partial charge in [-0.3, -0.25) is 5.10 Å². The fraction of sp³-hybridized carbons (Fsp3) is 0.846. The number of nitrogens with one attached hydrogen (secondary N) is 1. The molecule has 4 nitrogen and oxygen atoms in total. The quantitative estimate of drug-likeness (QED) is 0.851. The van der Waals surface area contributed by atoms with Gasteiger partial charge in [0.15, 0.2) is 4.77 Å². The number of aromatic amines is 1. The second kappa shape index (κ2) is 4.78. The molecule has 2 atom stereocenters. The molecule has 2 unspecified atom stereocenters. The topological polar surface area (TPSA) is 42.8 Å². The van der Waals surface area contributed by atoms with Crippen molar-refractivity contribution in [1.29, 1.82) is 0 Å². The van der Waals surface area contributed by atoms with Crippen molar-refractivity contribution in [2.24, 2.45) is 5.41 Å². The summed E-state index contributed by atoms with van der Waals surface area (Å²) in [4.78, 5) is 0. The van der Waals surface area contributed by atoms with E-state index in [0.29, 0.717) is 18.1 Å². The van der Waals surface area contributed by atoms with Gasteiger partial charge in [-0.05, 0) is 25.6 Å². The lowest BCUT2D eigenvalue weighted by atomic mass is 9.64. The third-order valence-corrected chi connectivity index (χ3v) is 4.34. The molecule has 1 aliphatic carbocycles. The van der Waals surface area contributed by atoms with E-state index in [1.165, 1.54) is 0 Å². The van der Waals surface area contributed by atoms with Gasteiger partial charge in [-0.15, -0.1) is 0 Å². The molecule has 1 aromatic rings. The van der Waals surface area contributed by atoms with Crippen molar-refractivity contribution >= 4 is 12.2 Å². The van der Waals surface area contributed by atoms with E-state index in [1.807, 2.05) is 6.92 Å². The van der Waals surface area contributed by atoms with Crippen LogP contribution in [0.4, 0.5) is 0 Å². The summed E-state index contributed by atoms with van der Waals surface area (Å²) in [6.45, 7) is 11.6. The maximum Gasteiger partial charge on any atom is 0.195 e. The summed E-state index contributed by atoms with van der Waals surface area (Å²) in [5, 5.41) is 7.29. The fourth-order valence-corrected chi connectivity index (χ4v) is 3.08. The van der Waals surface area contributed by atoms with Crippen molar-refractivity contribution in [3.05, 3.63) is 10.6 Å². The molecule has 0 bridgehead atoms. The van der Waals surface area contributed by atoms with Gasteiger partial charge < -0.3 is 9.30 Å².